The number of rotatable bonds is 5. The van der Waals surface area contributed by atoms with Crippen LogP contribution in [-0.4, -0.2) is 40.1 Å². The van der Waals surface area contributed by atoms with Gasteiger partial charge in [-0.25, -0.2) is 4.98 Å². The number of nitrogens with one attached hydrogen (secondary N) is 1. The van der Waals surface area contributed by atoms with Gasteiger partial charge in [0.15, 0.2) is 5.82 Å². The van der Waals surface area contributed by atoms with Gasteiger partial charge in [0, 0.05) is 37.6 Å². The Morgan fingerprint density at radius 2 is 2.05 bits per heavy atom. The quantitative estimate of drug-likeness (QED) is 0.892. The summed E-state index contributed by atoms with van der Waals surface area (Å²) < 4.78 is 1.83. The van der Waals surface area contributed by atoms with E-state index >= 15 is 0 Å². The van der Waals surface area contributed by atoms with Crippen LogP contribution in [0.5, 0.6) is 0 Å². The molecule has 1 aromatic heterocycles. The van der Waals surface area contributed by atoms with Crippen molar-refractivity contribution in [1.82, 2.24) is 14.5 Å². The first kappa shape index (κ1) is 13.6. The van der Waals surface area contributed by atoms with Crippen molar-refractivity contribution in [3.05, 3.63) is 22.7 Å². The van der Waals surface area contributed by atoms with E-state index in [9.17, 15) is 4.79 Å². The van der Waals surface area contributed by atoms with E-state index in [1.54, 1.807) is 6.20 Å². The van der Waals surface area contributed by atoms with Crippen molar-refractivity contribution >= 4 is 5.82 Å². The van der Waals surface area contributed by atoms with Crippen molar-refractivity contribution in [1.29, 1.82) is 0 Å². The number of hydrogen-bond donors (Lipinski definition) is 1. The summed E-state index contributed by atoms with van der Waals surface area (Å²) in [6, 6.07) is 0.802. The molecule has 3 rings (SSSR count). The summed E-state index contributed by atoms with van der Waals surface area (Å²) in [5.41, 5.74) is 0.0472. The van der Waals surface area contributed by atoms with Gasteiger partial charge in [-0.1, -0.05) is 6.92 Å². The summed E-state index contributed by atoms with van der Waals surface area (Å²) in [4.78, 5) is 19.1. The van der Waals surface area contributed by atoms with Crippen LogP contribution in [0.25, 0.3) is 0 Å². The number of anilines is 1. The minimum absolute atomic E-state index is 0.0472. The van der Waals surface area contributed by atoms with Gasteiger partial charge in [-0.15, -0.1) is 0 Å². The van der Waals surface area contributed by atoms with Crippen LogP contribution in [0.2, 0.25) is 0 Å². The molecule has 1 saturated carbocycles. The molecule has 2 fully saturated rings. The van der Waals surface area contributed by atoms with Crippen molar-refractivity contribution in [3.8, 4) is 0 Å². The topological polar surface area (TPSA) is 50.2 Å². The molecule has 2 heterocycles. The molecule has 1 aromatic rings. The summed E-state index contributed by atoms with van der Waals surface area (Å²) in [6.45, 7) is 5.65. The highest BCUT2D eigenvalue weighted by Gasteiger charge is 2.26. The Labute approximate surface area is 120 Å². The third-order valence-corrected chi connectivity index (χ3v) is 4.28. The molecule has 0 radical (unpaired) electrons. The molecule has 0 unspecified atom stereocenters. The average molecular weight is 276 g/mol. The first-order valence-corrected chi connectivity index (χ1v) is 7.84. The van der Waals surface area contributed by atoms with Crippen LogP contribution in [0.1, 0.15) is 45.1 Å². The fraction of sp³-hybridized carbons (Fsp3) is 0.733. The largest absolute Gasteiger partial charge is 0.363 e. The second kappa shape index (κ2) is 5.95. The molecular formula is C15H24N4O. The number of likely N-dealkylation sites (tertiary alicyclic amines) is 1. The molecule has 1 aliphatic heterocycles. The number of hydrogen-bond acceptors (Lipinski definition) is 4. The maximum absolute atomic E-state index is 12.3. The van der Waals surface area contributed by atoms with Gasteiger partial charge in [0.2, 0.25) is 0 Å². The van der Waals surface area contributed by atoms with Crippen LogP contribution in [-0.2, 0) is 0 Å². The van der Waals surface area contributed by atoms with Crippen LogP contribution < -0.4 is 10.9 Å². The van der Waals surface area contributed by atoms with E-state index in [4.69, 9.17) is 0 Å². The maximum atomic E-state index is 12.3. The molecule has 0 aromatic carbocycles. The summed E-state index contributed by atoms with van der Waals surface area (Å²) in [5.74, 6) is 0.536. The SMILES string of the molecule is CCCN1CCC(Nc2nccn(C3CC3)c2=O)CC1. The van der Waals surface area contributed by atoms with Crippen molar-refractivity contribution in [2.45, 2.75) is 51.1 Å². The van der Waals surface area contributed by atoms with E-state index in [2.05, 4.69) is 22.1 Å². The zero-order valence-electron chi connectivity index (χ0n) is 12.2. The highest BCUT2D eigenvalue weighted by molar-refractivity contribution is 5.32. The van der Waals surface area contributed by atoms with Gasteiger partial charge in [-0.05, 0) is 38.6 Å². The molecule has 0 bridgehead atoms. The second-order valence-corrected chi connectivity index (χ2v) is 5.98. The molecule has 0 amide bonds. The van der Waals surface area contributed by atoms with E-state index in [-0.39, 0.29) is 5.56 Å². The predicted octanol–water partition coefficient (Wildman–Crippen LogP) is 1.86. The fourth-order valence-corrected chi connectivity index (χ4v) is 2.97. The van der Waals surface area contributed by atoms with E-state index in [1.807, 2.05) is 10.8 Å². The molecule has 5 heteroatoms. The lowest BCUT2D eigenvalue weighted by molar-refractivity contribution is 0.219. The molecule has 1 saturated heterocycles. The lowest BCUT2D eigenvalue weighted by Crippen LogP contribution is -2.40. The molecule has 5 nitrogen and oxygen atoms in total. The third-order valence-electron chi connectivity index (χ3n) is 4.28. The van der Waals surface area contributed by atoms with Gasteiger partial charge in [0.25, 0.3) is 5.56 Å². The molecule has 1 N–H and O–H groups in total. The Morgan fingerprint density at radius 1 is 1.30 bits per heavy atom. The van der Waals surface area contributed by atoms with Crippen LogP contribution in [0.3, 0.4) is 0 Å². The van der Waals surface area contributed by atoms with Gasteiger partial charge in [-0.3, -0.25) is 4.79 Å². The van der Waals surface area contributed by atoms with Gasteiger partial charge in [0.05, 0.1) is 0 Å². The smallest absolute Gasteiger partial charge is 0.293 e. The molecular weight excluding hydrogens is 252 g/mol. The van der Waals surface area contributed by atoms with Gasteiger partial charge >= 0.3 is 0 Å². The van der Waals surface area contributed by atoms with Crippen molar-refractivity contribution in [2.24, 2.45) is 0 Å². The molecule has 110 valence electrons. The normalized spacial score (nSPS) is 21.1. The molecule has 2 aliphatic rings. The molecule has 20 heavy (non-hydrogen) atoms. The van der Waals surface area contributed by atoms with E-state index < -0.39 is 0 Å². The molecule has 0 atom stereocenters. The van der Waals surface area contributed by atoms with Crippen LogP contribution in [0.15, 0.2) is 17.2 Å². The number of piperidine rings is 1. The van der Waals surface area contributed by atoms with Crippen LogP contribution >= 0.6 is 0 Å². The van der Waals surface area contributed by atoms with Gasteiger partial charge in [0.1, 0.15) is 0 Å². The maximum Gasteiger partial charge on any atom is 0.293 e. The van der Waals surface area contributed by atoms with Crippen LogP contribution in [0.4, 0.5) is 5.82 Å². The first-order chi connectivity index (χ1) is 9.78. The van der Waals surface area contributed by atoms with Gasteiger partial charge < -0.3 is 14.8 Å². The summed E-state index contributed by atoms with van der Waals surface area (Å²) in [5, 5.41) is 3.36. The van der Waals surface area contributed by atoms with Gasteiger partial charge in [-0.2, -0.15) is 0 Å². The van der Waals surface area contributed by atoms with Crippen molar-refractivity contribution in [2.75, 3.05) is 25.0 Å². The lowest BCUT2D eigenvalue weighted by Gasteiger charge is -2.32. The van der Waals surface area contributed by atoms with Crippen LogP contribution in [0, 0.1) is 0 Å². The number of aromatic nitrogens is 2. The Hall–Kier alpha value is -1.36. The monoisotopic (exact) mass is 276 g/mol. The summed E-state index contributed by atoms with van der Waals surface area (Å²) in [7, 11) is 0. The third kappa shape index (κ3) is 3.03. The second-order valence-electron chi connectivity index (χ2n) is 5.98. The van der Waals surface area contributed by atoms with Crippen molar-refractivity contribution in [3.63, 3.8) is 0 Å². The molecule has 0 spiro atoms. The zero-order valence-corrected chi connectivity index (χ0v) is 12.2. The standard InChI is InChI=1S/C15H24N4O/c1-2-8-18-9-5-12(6-10-18)17-14-15(20)19(11-7-16-14)13-3-4-13/h7,11-13H,2-6,8-10H2,1H3,(H,16,17). The Balaban J connectivity index is 1.61. The highest BCUT2D eigenvalue weighted by Crippen LogP contribution is 2.33. The van der Waals surface area contributed by atoms with E-state index in [1.165, 1.54) is 13.0 Å². The predicted molar refractivity (Wildman–Crippen MR) is 80.1 cm³/mol. The minimum atomic E-state index is 0.0472. The summed E-state index contributed by atoms with van der Waals surface area (Å²) in [6.07, 6.45) is 9.21. The Kier molecular flexibility index (Phi) is 4.05. The summed E-state index contributed by atoms with van der Waals surface area (Å²) >= 11 is 0. The minimum Gasteiger partial charge on any atom is -0.363 e. The molecule has 1 aliphatic carbocycles. The van der Waals surface area contributed by atoms with E-state index in [0.717, 1.165) is 38.8 Å². The number of nitrogens with zero attached hydrogens (tertiary/aromatic N) is 3. The Bertz CT molecular complexity index is 501. The highest BCUT2D eigenvalue weighted by atomic mass is 16.1. The zero-order chi connectivity index (χ0) is 13.9. The lowest BCUT2D eigenvalue weighted by atomic mass is 10.1. The van der Waals surface area contributed by atoms with Crippen molar-refractivity contribution < 1.29 is 0 Å². The first-order valence-electron chi connectivity index (χ1n) is 7.84. The van der Waals surface area contributed by atoms with E-state index in [0.29, 0.717) is 17.9 Å². The fourth-order valence-electron chi connectivity index (χ4n) is 2.97. The average Bonchev–Trinajstić information content (AvgIpc) is 3.28. The Morgan fingerprint density at radius 3 is 2.70 bits per heavy atom.